The number of benzene rings is 1. The highest BCUT2D eigenvalue weighted by Crippen LogP contribution is 2.73. The fraction of sp³-hybridized carbons (Fsp3) is 0.389. The Morgan fingerprint density at radius 2 is 1.58 bits per heavy atom. The zero-order valence-electron chi connectivity index (χ0n) is 12.7. The van der Waals surface area contributed by atoms with Crippen molar-refractivity contribution >= 4 is 29.3 Å². The van der Waals surface area contributed by atoms with Crippen LogP contribution in [0.5, 0.6) is 0 Å². The largest absolute Gasteiger partial charge is 0.272 e. The second kappa shape index (κ2) is 4.48. The van der Waals surface area contributed by atoms with Crippen molar-refractivity contribution < 1.29 is 14.4 Å². The summed E-state index contributed by atoms with van der Waals surface area (Å²) >= 11 is 5.81. The van der Waals surface area contributed by atoms with Crippen LogP contribution >= 0.6 is 11.6 Å². The number of fused-ring (bicyclic) bond motifs is 3. The predicted octanol–water partition coefficient (Wildman–Crippen LogP) is 2.18. The van der Waals surface area contributed by atoms with Crippen LogP contribution in [0.25, 0.3) is 0 Å². The van der Waals surface area contributed by atoms with Gasteiger partial charge in [0.05, 0.1) is 11.8 Å². The Balaban J connectivity index is 1.39. The topological polar surface area (TPSA) is 66.5 Å². The van der Waals surface area contributed by atoms with Gasteiger partial charge in [0.25, 0.3) is 17.7 Å². The first-order chi connectivity index (χ1) is 11.5. The minimum Gasteiger partial charge on any atom is -0.272 e. The molecular weight excluding hydrogens is 328 g/mol. The van der Waals surface area contributed by atoms with Gasteiger partial charge in [-0.1, -0.05) is 23.8 Å². The Morgan fingerprint density at radius 3 is 2.08 bits per heavy atom. The number of hydrogen-bond acceptors (Lipinski definition) is 3. The van der Waals surface area contributed by atoms with Gasteiger partial charge in [-0.2, -0.15) is 5.01 Å². The van der Waals surface area contributed by atoms with Crippen molar-refractivity contribution in [3.8, 4) is 0 Å². The van der Waals surface area contributed by atoms with Crippen molar-refractivity contribution in [2.24, 2.45) is 29.1 Å². The summed E-state index contributed by atoms with van der Waals surface area (Å²) in [5, 5.41) is 1.46. The molecule has 0 radical (unpaired) electrons. The highest BCUT2D eigenvalue weighted by molar-refractivity contribution is 6.30. The Hall–Kier alpha value is -2.14. The van der Waals surface area contributed by atoms with Gasteiger partial charge in [-0.25, -0.2) is 0 Å². The van der Waals surface area contributed by atoms with Crippen molar-refractivity contribution in [1.29, 1.82) is 0 Å². The third-order valence-corrected chi connectivity index (χ3v) is 6.42. The molecule has 1 aliphatic heterocycles. The van der Waals surface area contributed by atoms with Gasteiger partial charge in [0.15, 0.2) is 0 Å². The zero-order valence-corrected chi connectivity index (χ0v) is 13.5. The van der Waals surface area contributed by atoms with Crippen LogP contribution < -0.4 is 5.43 Å². The molecule has 24 heavy (non-hydrogen) atoms. The van der Waals surface area contributed by atoms with Gasteiger partial charge in [-0.3, -0.25) is 19.8 Å². The monoisotopic (exact) mass is 342 g/mol. The first kappa shape index (κ1) is 14.2. The van der Waals surface area contributed by atoms with E-state index < -0.39 is 5.91 Å². The van der Waals surface area contributed by atoms with E-state index >= 15 is 0 Å². The standard InChI is InChI=1S/C18H15ClN2O3/c19-10-3-1-9(2-4-10)15(22)20-21-16(23)13-11-5-6-12(14(13)17(21)24)18(11)7-8-18/h1-6,11-14H,7-8H2,(H,20,22)/t11-,12+,13+,14-. The van der Waals surface area contributed by atoms with E-state index in [1.807, 2.05) is 0 Å². The molecule has 2 bridgehead atoms. The lowest BCUT2D eigenvalue weighted by Gasteiger charge is -2.22. The number of hydrogen-bond donors (Lipinski definition) is 1. The summed E-state index contributed by atoms with van der Waals surface area (Å²) in [5.74, 6) is -1.32. The molecule has 3 aliphatic carbocycles. The summed E-state index contributed by atoms with van der Waals surface area (Å²) in [6.07, 6.45) is 6.41. The maximum atomic E-state index is 12.8. The van der Waals surface area contributed by atoms with Crippen molar-refractivity contribution in [3.63, 3.8) is 0 Å². The van der Waals surface area contributed by atoms with E-state index in [0.29, 0.717) is 10.6 Å². The third-order valence-electron chi connectivity index (χ3n) is 6.17. The normalized spacial score (nSPS) is 34.1. The minimum atomic E-state index is -0.477. The predicted molar refractivity (Wildman–Crippen MR) is 85.5 cm³/mol. The molecule has 4 aliphatic rings. The van der Waals surface area contributed by atoms with Crippen molar-refractivity contribution in [1.82, 2.24) is 10.4 Å². The molecule has 1 N–H and O–H groups in total. The molecular formula is C18H15ClN2O3. The Kier molecular flexibility index (Phi) is 2.65. The van der Waals surface area contributed by atoms with Gasteiger partial charge in [-0.05, 0) is 54.4 Å². The summed E-state index contributed by atoms with van der Waals surface area (Å²) in [5.41, 5.74) is 3.00. The van der Waals surface area contributed by atoms with Crippen LogP contribution in [0.2, 0.25) is 5.02 Å². The first-order valence-corrected chi connectivity index (χ1v) is 8.53. The quantitative estimate of drug-likeness (QED) is 0.661. The Bertz CT molecular complexity index is 778. The van der Waals surface area contributed by atoms with E-state index in [0.717, 1.165) is 17.9 Å². The maximum Gasteiger partial charge on any atom is 0.270 e. The van der Waals surface area contributed by atoms with Gasteiger partial charge in [0.1, 0.15) is 0 Å². The zero-order chi connectivity index (χ0) is 16.6. The molecule has 1 aromatic rings. The molecule has 1 saturated heterocycles. The van der Waals surface area contributed by atoms with Crippen LogP contribution in [0.1, 0.15) is 23.2 Å². The number of hydrazine groups is 1. The van der Waals surface area contributed by atoms with Crippen molar-refractivity contribution in [2.45, 2.75) is 12.8 Å². The van der Waals surface area contributed by atoms with E-state index in [1.165, 1.54) is 0 Å². The second-order valence-corrected chi connectivity index (χ2v) is 7.62. The molecule has 5 nitrogen and oxygen atoms in total. The fourth-order valence-electron chi connectivity index (χ4n) is 4.96. The lowest BCUT2D eigenvalue weighted by atomic mass is 9.85. The summed E-state index contributed by atoms with van der Waals surface area (Å²) in [7, 11) is 0. The molecule has 1 heterocycles. The first-order valence-electron chi connectivity index (χ1n) is 8.16. The number of imide groups is 1. The number of rotatable bonds is 2. The molecule has 1 spiro atoms. The smallest absolute Gasteiger partial charge is 0.270 e. The molecule has 6 heteroatoms. The van der Waals surface area contributed by atoms with Crippen LogP contribution in [0.3, 0.4) is 0 Å². The SMILES string of the molecule is O=C(NN1C(=O)[C@@H]2[C@H](C1=O)[C@@H]1C=C[C@H]2C12CC2)c1ccc(Cl)cc1. The van der Waals surface area contributed by atoms with E-state index in [-0.39, 0.29) is 40.9 Å². The van der Waals surface area contributed by atoms with Gasteiger partial charge < -0.3 is 0 Å². The summed E-state index contributed by atoms with van der Waals surface area (Å²) in [6, 6.07) is 6.32. The number of halogens is 1. The summed E-state index contributed by atoms with van der Waals surface area (Å²) < 4.78 is 0. The van der Waals surface area contributed by atoms with E-state index in [2.05, 4.69) is 17.6 Å². The van der Waals surface area contributed by atoms with Crippen LogP contribution in [0, 0.1) is 29.1 Å². The average Bonchev–Trinajstić information content (AvgIpc) is 3.18. The molecule has 5 rings (SSSR count). The number of allylic oxidation sites excluding steroid dienone is 2. The highest BCUT2D eigenvalue weighted by atomic mass is 35.5. The third kappa shape index (κ3) is 1.63. The number of nitrogens with zero attached hydrogens (tertiary/aromatic N) is 1. The van der Waals surface area contributed by atoms with Gasteiger partial charge >= 0.3 is 0 Å². The minimum absolute atomic E-state index is 0.154. The highest BCUT2D eigenvalue weighted by Gasteiger charge is 2.73. The van der Waals surface area contributed by atoms with Crippen molar-refractivity contribution in [2.75, 3.05) is 0 Å². The number of carbonyl (C=O) groups excluding carboxylic acids is 3. The molecule has 1 aromatic carbocycles. The number of amides is 3. The molecule has 2 saturated carbocycles. The van der Waals surface area contributed by atoms with Crippen molar-refractivity contribution in [3.05, 3.63) is 47.0 Å². The molecule has 0 unspecified atom stereocenters. The lowest BCUT2D eigenvalue weighted by Crippen LogP contribution is -2.47. The summed E-state index contributed by atoms with van der Waals surface area (Å²) in [6.45, 7) is 0. The average molecular weight is 343 g/mol. The molecule has 122 valence electrons. The second-order valence-electron chi connectivity index (χ2n) is 7.18. The Morgan fingerprint density at radius 1 is 1.04 bits per heavy atom. The maximum absolute atomic E-state index is 12.8. The molecule has 0 aromatic heterocycles. The van der Waals surface area contributed by atoms with Gasteiger partial charge in [0, 0.05) is 10.6 Å². The summed E-state index contributed by atoms with van der Waals surface area (Å²) in [4.78, 5) is 37.8. The number of carbonyl (C=O) groups is 3. The fourth-order valence-corrected chi connectivity index (χ4v) is 5.08. The molecule has 4 atom stereocenters. The van der Waals surface area contributed by atoms with E-state index in [4.69, 9.17) is 11.6 Å². The van der Waals surface area contributed by atoms with Gasteiger partial charge in [-0.15, -0.1) is 0 Å². The number of nitrogens with one attached hydrogen (secondary N) is 1. The van der Waals surface area contributed by atoms with Crippen LogP contribution in [-0.2, 0) is 9.59 Å². The van der Waals surface area contributed by atoms with Crippen LogP contribution in [0.15, 0.2) is 36.4 Å². The molecule has 3 amide bonds. The van der Waals surface area contributed by atoms with Crippen LogP contribution in [-0.4, -0.2) is 22.7 Å². The van der Waals surface area contributed by atoms with E-state index in [9.17, 15) is 14.4 Å². The van der Waals surface area contributed by atoms with Gasteiger partial charge in [0.2, 0.25) is 0 Å². The van der Waals surface area contributed by atoms with Crippen LogP contribution in [0.4, 0.5) is 0 Å². The Labute approximate surface area is 143 Å². The van der Waals surface area contributed by atoms with E-state index in [1.54, 1.807) is 24.3 Å². The lowest BCUT2D eigenvalue weighted by molar-refractivity contribution is -0.144. The molecule has 3 fully saturated rings.